The molecule has 1 atom stereocenters. The monoisotopic (exact) mass is 396 g/mol. The molecule has 1 amide bonds. The van der Waals surface area contributed by atoms with Gasteiger partial charge in [-0.15, -0.1) is 0 Å². The van der Waals surface area contributed by atoms with E-state index >= 15 is 0 Å². The Morgan fingerprint density at radius 3 is 2.46 bits per heavy atom. The van der Waals surface area contributed by atoms with E-state index in [2.05, 4.69) is 5.32 Å². The van der Waals surface area contributed by atoms with E-state index < -0.39 is 22.0 Å². The van der Waals surface area contributed by atoms with E-state index in [1.807, 2.05) is 0 Å². The second-order valence-electron chi connectivity index (χ2n) is 5.78. The zero-order chi connectivity index (χ0) is 19.3. The van der Waals surface area contributed by atoms with Crippen LogP contribution in [0.3, 0.4) is 0 Å². The van der Waals surface area contributed by atoms with Crippen LogP contribution in [0.2, 0.25) is 5.02 Å². The number of halogens is 1. The Morgan fingerprint density at radius 1 is 1.23 bits per heavy atom. The molecule has 0 spiro atoms. The molecule has 2 aromatic rings. The van der Waals surface area contributed by atoms with Crippen molar-refractivity contribution in [3.8, 4) is 5.75 Å². The molecule has 0 radical (unpaired) electrons. The van der Waals surface area contributed by atoms with Gasteiger partial charge in [-0.25, -0.2) is 8.42 Å². The van der Waals surface area contributed by atoms with Crippen molar-refractivity contribution >= 4 is 33.2 Å². The first-order valence-corrected chi connectivity index (χ1v) is 10.1. The standard InChI is InChI=1S/C18H21ClN2O4S/c1-13(18(22)20-12-14-7-9-15(19)10-8-14)21(26(3,23)24)16-5-4-6-17(11-16)25-2/h4-11,13H,12H2,1-3H3,(H,20,22)/t13-/m0/s1. The van der Waals surface area contributed by atoms with Gasteiger partial charge in [0.1, 0.15) is 11.8 Å². The summed E-state index contributed by atoms with van der Waals surface area (Å²) in [6.45, 7) is 1.81. The predicted molar refractivity (Wildman–Crippen MR) is 103 cm³/mol. The number of hydrogen-bond donors (Lipinski definition) is 1. The first-order chi connectivity index (χ1) is 12.2. The van der Waals surface area contributed by atoms with Gasteiger partial charge in [-0.3, -0.25) is 9.10 Å². The van der Waals surface area contributed by atoms with E-state index in [4.69, 9.17) is 16.3 Å². The third kappa shape index (κ3) is 5.12. The molecule has 0 aliphatic carbocycles. The fraction of sp³-hybridized carbons (Fsp3) is 0.278. The van der Waals surface area contributed by atoms with Gasteiger partial charge in [0.2, 0.25) is 15.9 Å². The fourth-order valence-electron chi connectivity index (χ4n) is 2.50. The molecular formula is C18H21ClN2O4S. The zero-order valence-corrected chi connectivity index (χ0v) is 16.3. The van der Waals surface area contributed by atoms with Crippen molar-refractivity contribution in [1.82, 2.24) is 5.32 Å². The minimum atomic E-state index is -3.68. The maximum absolute atomic E-state index is 12.5. The van der Waals surface area contributed by atoms with Gasteiger partial charge in [-0.05, 0) is 36.8 Å². The van der Waals surface area contributed by atoms with Gasteiger partial charge in [0.25, 0.3) is 0 Å². The lowest BCUT2D eigenvalue weighted by atomic mass is 10.2. The first-order valence-electron chi connectivity index (χ1n) is 7.88. The zero-order valence-electron chi connectivity index (χ0n) is 14.8. The SMILES string of the molecule is COc1cccc(N([C@@H](C)C(=O)NCc2ccc(Cl)cc2)S(C)(=O)=O)c1. The number of rotatable bonds is 7. The second kappa shape index (κ2) is 8.42. The average molecular weight is 397 g/mol. The van der Waals surface area contributed by atoms with Crippen molar-refractivity contribution in [1.29, 1.82) is 0 Å². The molecule has 140 valence electrons. The highest BCUT2D eigenvalue weighted by molar-refractivity contribution is 7.92. The first kappa shape index (κ1) is 20.1. The smallest absolute Gasteiger partial charge is 0.243 e. The number of methoxy groups -OCH3 is 1. The van der Waals surface area contributed by atoms with E-state index in [0.29, 0.717) is 16.5 Å². The number of anilines is 1. The van der Waals surface area contributed by atoms with Crippen LogP contribution in [0.15, 0.2) is 48.5 Å². The highest BCUT2D eigenvalue weighted by atomic mass is 35.5. The number of carbonyl (C=O) groups excluding carboxylic acids is 1. The highest BCUT2D eigenvalue weighted by Crippen LogP contribution is 2.25. The van der Waals surface area contributed by atoms with Crippen LogP contribution in [0.1, 0.15) is 12.5 Å². The summed E-state index contributed by atoms with van der Waals surface area (Å²) in [4.78, 5) is 12.5. The highest BCUT2D eigenvalue weighted by Gasteiger charge is 2.29. The Kier molecular flexibility index (Phi) is 6.50. The number of hydrogen-bond acceptors (Lipinski definition) is 4. The summed E-state index contributed by atoms with van der Waals surface area (Å²) in [6.07, 6.45) is 1.06. The van der Waals surface area contributed by atoms with E-state index in [0.717, 1.165) is 16.1 Å². The Balaban J connectivity index is 2.19. The van der Waals surface area contributed by atoms with Crippen molar-refractivity contribution in [2.45, 2.75) is 19.5 Å². The summed E-state index contributed by atoms with van der Waals surface area (Å²) < 4.78 is 30.8. The number of benzene rings is 2. The molecule has 26 heavy (non-hydrogen) atoms. The summed E-state index contributed by atoms with van der Waals surface area (Å²) in [5.74, 6) is 0.0955. The maximum atomic E-state index is 12.5. The third-order valence-corrected chi connectivity index (χ3v) is 5.27. The predicted octanol–water partition coefficient (Wildman–Crippen LogP) is 2.82. The van der Waals surface area contributed by atoms with Gasteiger partial charge < -0.3 is 10.1 Å². The van der Waals surface area contributed by atoms with Gasteiger partial charge in [-0.2, -0.15) is 0 Å². The maximum Gasteiger partial charge on any atom is 0.243 e. The van der Waals surface area contributed by atoms with Crippen LogP contribution < -0.4 is 14.4 Å². The summed E-state index contributed by atoms with van der Waals surface area (Å²) in [7, 11) is -2.18. The van der Waals surface area contributed by atoms with Crippen molar-refractivity contribution in [2.24, 2.45) is 0 Å². The molecule has 0 unspecified atom stereocenters. The van der Waals surface area contributed by atoms with Gasteiger partial charge in [-0.1, -0.05) is 29.8 Å². The summed E-state index contributed by atoms with van der Waals surface area (Å²) in [6, 6.07) is 12.7. The molecule has 1 N–H and O–H groups in total. The normalized spacial score (nSPS) is 12.3. The quantitative estimate of drug-likeness (QED) is 0.780. The molecule has 8 heteroatoms. The van der Waals surface area contributed by atoms with Crippen LogP contribution in [-0.4, -0.2) is 33.7 Å². The molecule has 2 aromatic carbocycles. The molecule has 0 fully saturated rings. The van der Waals surface area contributed by atoms with Crippen LogP contribution in [0.4, 0.5) is 5.69 Å². The lowest BCUT2D eigenvalue weighted by Gasteiger charge is -2.28. The largest absolute Gasteiger partial charge is 0.497 e. The third-order valence-electron chi connectivity index (χ3n) is 3.78. The summed E-state index contributed by atoms with van der Waals surface area (Å²) >= 11 is 5.84. The summed E-state index contributed by atoms with van der Waals surface area (Å²) in [5.41, 5.74) is 1.23. The van der Waals surface area contributed by atoms with Crippen LogP contribution in [-0.2, 0) is 21.4 Å². The molecule has 0 saturated carbocycles. The molecule has 2 rings (SSSR count). The van der Waals surface area contributed by atoms with E-state index in [9.17, 15) is 13.2 Å². The van der Waals surface area contributed by atoms with E-state index in [-0.39, 0.29) is 6.54 Å². The molecule has 6 nitrogen and oxygen atoms in total. The van der Waals surface area contributed by atoms with Crippen molar-refractivity contribution < 1.29 is 17.9 Å². The van der Waals surface area contributed by atoms with Crippen molar-refractivity contribution in [3.63, 3.8) is 0 Å². The topological polar surface area (TPSA) is 75.7 Å². The molecule has 0 saturated heterocycles. The van der Waals surface area contributed by atoms with Crippen molar-refractivity contribution in [3.05, 3.63) is 59.1 Å². The van der Waals surface area contributed by atoms with E-state index in [1.54, 1.807) is 48.5 Å². The van der Waals surface area contributed by atoms with Crippen LogP contribution >= 0.6 is 11.6 Å². The fourth-order valence-corrected chi connectivity index (χ4v) is 3.79. The average Bonchev–Trinajstić information content (AvgIpc) is 2.60. The van der Waals surface area contributed by atoms with Gasteiger partial charge in [0, 0.05) is 17.6 Å². The van der Waals surface area contributed by atoms with Crippen LogP contribution in [0, 0.1) is 0 Å². The molecule has 0 aliphatic heterocycles. The molecule has 0 aliphatic rings. The molecule has 0 bridgehead atoms. The molecule has 0 heterocycles. The number of ether oxygens (including phenoxy) is 1. The lowest BCUT2D eigenvalue weighted by Crippen LogP contribution is -2.47. The number of amides is 1. The van der Waals surface area contributed by atoms with Gasteiger partial charge in [0.15, 0.2) is 0 Å². The van der Waals surface area contributed by atoms with Crippen LogP contribution in [0.5, 0.6) is 5.75 Å². The summed E-state index contributed by atoms with van der Waals surface area (Å²) in [5, 5.41) is 3.36. The van der Waals surface area contributed by atoms with Crippen LogP contribution in [0.25, 0.3) is 0 Å². The Labute approximate surface area is 158 Å². The second-order valence-corrected chi connectivity index (χ2v) is 8.08. The molecule has 0 aromatic heterocycles. The number of sulfonamides is 1. The Morgan fingerprint density at radius 2 is 1.88 bits per heavy atom. The van der Waals surface area contributed by atoms with Crippen molar-refractivity contribution in [2.75, 3.05) is 17.7 Å². The lowest BCUT2D eigenvalue weighted by molar-refractivity contribution is -0.122. The minimum Gasteiger partial charge on any atom is -0.497 e. The Bertz CT molecular complexity index is 869. The minimum absolute atomic E-state index is 0.274. The van der Waals surface area contributed by atoms with Gasteiger partial charge in [0.05, 0.1) is 19.1 Å². The number of nitrogens with zero attached hydrogens (tertiary/aromatic N) is 1. The number of nitrogens with one attached hydrogen (secondary N) is 1. The Hall–Kier alpha value is -2.25. The van der Waals surface area contributed by atoms with E-state index in [1.165, 1.54) is 14.0 Å². The molecular weight excluding hydrogens is 376 g/mol. The van der Waals surface area contributed by atoms with Gasteiger partial charge >= 0.3 is 0 Å². The number of carbonyl (C=O) groups is 1.